The third-order valence-electron chi connectivity index (χ3n) is 20.2. The molecular formula is C99H67N9. The van der Waals surface area contributed by atoms with Gasteiger partial charge < -0.3 is 18.9 Å². The Morgan fingerprint density at radius 3 is 0.824 bits per heavy atom. The van der Waals surface area contributed by atoms with Gasteiger partial charge in [-0.05, 0) is 112 Å². The smallest absolute Gasteiger partial charge is 0.164 e. The predicted molar refractivity (Wildman–Crippen MR) is 442 cm³/mol. The molecule has 9 heteroatoms. The van der Waals surface area contributed by atoms with Gasteiger partial charge in [0, 0.05) is 90.8 Å². The molecule has 0 saturated heterocycles. The number of aromatic nitrogens is 7. The number of anilines is 6. The molecule has 508 valence electrons. The number of hydrogen-bond acceptors (Lipinski definition) is 7. The molecular weight excluding hydrogens is 1320 g/mol. The minimum Gasteiger partial charge on any atom is -0.315 e. The van der Waals surface area contributed by atoms with E-state index >= 15 is 0 Å². The highest BCUT2D eigenvalue weighted by atomic mass is 15.2. The first kappa shape index (κ1) is 64.2. The first-order chi connectivity index (χ1) is 53.6. The number of nitrogens with zero attached hydrogens (tertiary/aromatic N) is 9. The number of hydrogen-bond donors (Lipinski definition) is 0. The summed E-state index contributed by atoms with van der Waals surface area (Å²) in [5.74, 6) is 2.64. The van der Waals surface area contributed by atoms with E-state index in [4.69, 9.17) is 24.9 Å². The molecule has 0 unspecified atom stereocenters. The summed E-state index contributed by atoms with van der Waals surface area (Å²) in [6.07, 6.45) is 4.38. The van der Waals surface area contributed by atoms with Gasteiger partial charge in [-0.1, -0.05) is 315 Å². The Morgan fingerprint density at radius 2 is 0.444 bits per heavy atom. The highest BCUT2D eigenvalue weighted by molar-refractivity contribution is 6.04. The van der Waals surface area contributed by atoms with Crippen LogP contribution in [0.15, 0.2) is 407 Å². The molecule has 0 radical (unpaired) electrons. The average molecular weight is 1380 g/mol. The van der Waals surface area contributed by atoms with Gasteiger partial charge in [-0.2, -0.15) is 0 Å². The van der Waals surface area contributed by atoms with E-state index in [1.165, 1.54) is 33.4 Å². The summed E-state index contributed by atoms with van der Waals surface area (Å²) < 4.78 is 4.62. The second kappa shape index (κ2) is 28.2. The molecule has 2 aliphatic heterocycles. The summed E-state index contributed by atoms with van der Waals surface area (Å²) >= 11 is 0. The molecule has 0 spiro atoms. The van der Waals surface area contributed by atoms with Gasteiger partial charge in [0.1, 0.15) is 0 Å². The van der Waals surface area contributed by atoms with Crippen molar-refractivity contribution in [3.8, 4) is 146 Å². The minimum absolute atomic E-state index is 0.638. The first-order valence-electron chi connectivity index (χ1n) is 36.4. The highest BCUT2D eigenvalue weighted by Crippen LogP contribution is 2.54. The molecule has 9 nitrogen and oxygen atoms in total. The van der Waals surface area contributed by atoms with Crippen LogP contribution in [0.2, 0.25) is 0 Å². The molecule has 2 aliphatic rings. The van der Waals surface area contributed by atoms with Crippen molar-refractivity contribution in [3.63, 3.8) is 0 Å². The summed E-state index contributed by atoms with van der Waals surface area (Å²) in [5.41, 5.74) is 30.7. The van der Waals surface area contributed by atoms with Gasteiger partial charge in [0.2, 0.25) is 0 Å². The fourth-order valence-electron chi connectivity index (χ4n) is 15.1. The summed E-state index contributed by atoms with van der Waals surface area (Å²) in [7, 11) is 0. The van der Waals surface area contributed by atoms with E-state index in [1.807, 2.05) is 97.1 Å². The van der Waals surface area contributed by atoms with Crippen molar-refractivity contribution in [1.82, 2.24) is 34.1 Å². The normalized spacial score (nSPS) is 11.7. The number of benzene rings is 14. The van der Waals surface area contributed by atoms with Crippen LogP contribution in [0.25, 0.3) is 146 Å². The molecule has 4 aromatic heterocycles. The molecule has 0 atom stereocenters. The van der Waals surface area contributed by atoms with Crippen molar-refractivity contribution in [2.45, 2.75) is 0 Å². The molecule has 108 heavy (non-hydrogen) atoms. The lowest BCUT2D eigenvalue weighted by molar-refractivity contribution is 1.07. The van der Waals surface area contributed by atoms with Crippen molar-refractivity contribution in [2.75, 3.05) is 9.80 Å². The van der Waals surface area contributed by atoms with E-state index in [1.54, 1.807) is 0 Å². The maximum absolute atomic E-state index is 5.05. The van der Waals surface area contributed by atoms with Crippen LogP contribution in [0.1, 0.15) is 0 Å². The summed E-state index contributed by atoms with van der Waals surface area (Å²) in [6, 6.07) is 138. The van der Waals surface area contributed by atoms with Crippen LogP contribution < -0.4 is 9.80 Å². The molecule has 0 N–H and O–H groups in total. The molecule has 20 rings (SSSR count). The minimum atomic E-state index is 0.638. The van der Waals surface area contributed by atoms with E-state index in [0.29, 0.717) is 23.3 Å². The Kier molecular flexibility index (Phi) is 16.7. The Hall–Kier alpha value is -14.7. The van der Waals surface area contributed by atoms with Crippen LogP contribution in [-0.4, -0.2) is 34.1 Å². The van der Waals surface area contributed by atoms with Gasteiger partial charge in [-0.3, -0.25) is 0 Å². The van der Waals surface area contributed by atoms with E-state index in [2.05, 4.69) is 329 Å². The van der Waals surface area contributed by atoms with Gasteiger partial charge >= 0.3 is 0 Å². The third-order valence-corrected chi connectivity index (χ3v) is 20.2. The standard InChI is InChI=1S/C50H34N4.C49H33N5/c1-4-15-36(16-5-1)45-34-46(37-17-6-2-7-18-37)52-50(51-45)38-29-27-35(28-30-38)39-19-14-22-41(33-39)54-47-26-13-12-24-43(47)42-23-10-11-25-44(42)49-48(54)31-32-53(49)40-20-8-3-9-21-40;1-4-15-35(16-5-1)47-50-48(36-17-6-2-7-18-36)52-49(51-47)37-29-27-34(28-30-37)38-19-14-22-40(33-38)54-44-26-13-12-24-42(44)41-23-10-11-25-43(41)46-45(54)31-32-53(46)39-20-8-3-9-21-39/h1-34H;1-33H. The van der Waals surface area contributed by atoms with Gasteiger partial charge in [0.15, 0.2) is 23.3 Å². The lowest BCUT2D eigenvalue weighted by Gasteiger charge is -2.26. The summed E-state index contributed by atoms with van der Waals surface area (Å²) in [5, 5.41) is 0. The van der Waals surface area contributed by atoms with E-state index in [0.717, 1.165) is 124 Å². The van der Waals surface area contributed by atoms with Crippen LogP contribution in [0.5, 0.6) is 0 Å². The quantitative estimate of drug-likeness (QED) is 0.121. The van der Waals surface area contributed by atoms with Crippen molar-refractivity contribution in [2.24, 2.45) is 0 Å². The molecule has 0 amide bonds. The zero-order valence-corrected chi connectivity index (χ0v) is 58.7. The molecule has 0 saturated carbocycles. The van der Waals surface area contributed by atoms with Gasteiger partial charge in [0.25, 0.3) is 0 Å². The predicted octanol–water partition coefficient (Wildman–Crippen LogP) is 25.5. The lowest BCUT2D eigenvalue weighted by atomic mass is 9.97. The van der Waals surface area contributed by atoms with Crippen molar-refractivity contribution < 1.29 is 0 Å². The van der Waals surface area contributed by atoms with Crippen LogP contribution >= 0.6 is 0 Å². The van der Waals surface area contributed by atoms with Crippen LogP contribution in [0.4, 0.5) is 34.1 Å². The van der Waals surface area contributed by atoms with Crippen LogP contribution in [-0.2, 0) is 0 Å². The topological polar surface area (TPSA) is 80.8 Å². The van der Waals surface area contributed by atoms with Gasteiger partial charge in [0.05, 0.1) is 45.5 Å². The Morgan fingerprint density at radius 1 is 0.167 bits per heavy atom. The molecule has 18 aromatic rings. The molecule has 6 heterocycles. The van der Waals surface area contributed by atoms with E-state index < -0.39 is 0 Å². The Labute approximate surface area is 627 Å². The molecule has 14 aromatic carbocycles. The highest BCUT2D eigenvalue weighted by Gasteiger charge is 2.31. The zero-order chi connectivity index (χ0) is 71.7. The second-order valence-electron chi connectivity index (χ2n) is 26.8. The van der Waals surface area contributed by atoms with Gasteiger partial charge in [-0.25, -0.2) is 24.9 Å². The zero-order valence-electron chi connectivity index (χ0n) is 58.7. The summed E-state index contributed by atoms with van der Waals surface area (Å²) in [6.45, 7) is 0. The van der Waals surface area contributed by atoms with Crippen LogP contribution in [0, 0.1) is 0 Å². The van der Waals surface area contributed by atoms with Gasteiger partial charge in [-0.15, -0.1) is 0 Å². The Balaban J connectivity index is 0.000000147. The fourth-order valence-corrected chi connectivity index (χ4v) is 15.1. The average Bonchev–Trinajstić information content (AvgIpc) is 1.58. The molecule has 0 aliphatic carbocycles. The van der Waals surface area contributed by atoms with E-state index in [-0.39, 0.29) is 0 Å². The summed E-state index contributed by atoms with van der Waals surface area (Å²) in [4.78, 5) is 29.7. The van der Waals surface area contributed by atoms with Crippen molar-refractivity contribution in [3.05, 3.63) is 407 Å². The number of para-hydroxylation sites is 4. The largest absolute Gasteiger partial charge is 0.315 e. The fraction of sp³-hybridized carbons (Fsp3) is 0. The maximum atomic E-state index is 5.05. The maximum Gasteiger partial charge on any atom is 0.164 e. The molecule has 0 bridgehead atoms. The lowest BCUT2D eigenvalue weighted by Crippen LogP contribution is -2.10. The Bertz CT molecular complexity index is 5780. The van der Waals surface area contributed by atoms with Crippen LogP contribution in [0.3, 0.4) is 0 Å². The first-order valence-corrected chi connectivity index (χ1v) is 36.4. The molecule has 0 fully saturated rings. The number of rotatable bonds is 12. The van der Waals surface area contributed by atoms with E-state index in [9.17, 15) is 0 Å². The van der Waals surface area contributed by atoms with Crippen molar-refractivity contribution >= 4 is 34.1 Å². The monoisotopic (exact) mass is 1380 g/mol. The number of fused-ring (bicyclic) bond motifs is 10. The SMILES string of the molecule is c1ccc(-c2cc(-c3ccccc3)nc(-c3ccc(-c4cccc(N5c6ccccc6-c6ccccc6-c6c5ccn6-c5ccccc5)c4)cc3)n2)cc1.c1ccc(-c2nc(-c3ccccc3)nc(-c3ccc(-c4cccc(N5c6ccccc6-c6ccccc6-c6c5ccn6-c5ccccc5)c4)cc3)n2)cc1. The second-order valence-corrected chi connectivity index (χ2v) is 26.8. The third kappa shape index (κ3) is 12.2. The van der Waals surface area contributed by atoms with Crippen molar-refractivity contribution in [1.29, 1.82) is 0 Å².